The number of aryl methyl sites for hydroxylation is 1. The van der Waals surface area contributed by atoms with Gasteiger partial charge < -0.3 is 9.84 Å². The molecule has 1 aromatic heterocycles. The van der Waals surface area contributed by atoms with Crippen molar-refractivity contribution in [2.24, 2.45) is 0 Å². The van der Waals surface area contributed by atoms with E-state index in [0.717, 1.165) is 25.7 Å². The van der Waals surface area contributed by atoms with Crippen molar-refractivity contribution in [1.82, 2.24) is 0 Å². The summed E-state index contributed by atoms with van der Waals surface area (Å²) in [4.78, 5) is 2.64. The fourth-order valence-electron chi connectivity index (χ4n) is 1.95. The molecule has 0 saturated heterocycles. The highest BCUT2D eigenvalue weighted by molar-refractivity contribution is 7.11. The standard InChI is InChI=1S/C14H24O2S/c1-4-7-14(16-6-3)13(15)10-12-9-8-11(5-2)17-12/h8-9,13-15H,4-7,10H2,1-3H3. The maximum Gasteiger partial charge on any atom is 0.0849 e. The number of hydrogen-bond donors (Lipinski definition) is 1. The number of aliphatic hydroxyl groups is 1. The monoisotopic (exact) mass is 256 g/mol. The van der Waals surface area contributed by atoms with Gasteiger partial charge in [-0.3, -0.25) is 0 Å². The predicted octanol–water partition coefficient (Wildman–Crippen LogP) is 3.42. The van der Waals surface area contributed by atoms with Crippen molar-refractivity contribution in [1.29, 1.82) is 0 Å². The van der Waals surface area contributed by atoms with E-state index in [1.807, 2.05) is 6.92 Å². The lowest BCUT2D eigenvalue weighted by atomic mass is 10.1. The summed E-state index contributed by atoms with van der Waals surface area (Å²) in [5.74, 6) is 0. The van der Waals surface area contributed by atoms with Crippen molar-refractivity contribution in [3.05, 3.63) is 21.9 Å². The number of aliphatic hydroxyl groups excluding tert-OH is 1. The van der Waals surface area contributed by atoms with Crippen molar-refractivity contribution >= 4 is 11.3 Å². The second kappa shape index (κ2) is 7.85. The Morgan fingerprint density at radius 2 is 1.94 bits per heavy atom. The maximum absolute atomic E-state index is 10.2. The molecule has 0 bridgehead atoms. The molecule has 2 atom stereocenters. The van der Waals surface area contributed by atoms with Crippen LogP contribution in [0, 0.1) is 0 Å². The quantitative estimate of drug-likeness (QED) is 0.772. The van der Waals surface area contributed by atoms with Gasteiger partial charge in [-0.1, -0.05) is 20.3 Å². The van der Waals surface area contributed by atoms with Gasteiger partial charge in [-0.2, -0.15) is 0 Å². The van der Waals surface area contributed by atoms with Gasteiger partial charge in [0.05, 0.1) is 12.2 Å². The van der Waals surface area contributed by atoms with E-state index in [-0.39, 0.29) is 12.2 Å². The normalized spacial score (nSPS) is 14.8. The average molecular weight is 256 g/mol. The Morgan fingerprint density at radius 3 is 2.47 bits per heavy atom. The third-order valence-electron chi connectivity index (χ3n) is 2.86. The maximum atomic E-state index is 10.2. The molecule has 0 aromatic carbocycles. The van der Waals surface area contributed by atoms with Gasteiger partial charge >= 0.3 is 0 Å². The Kier molecular flexibility index (Phi) is 6.78. The van der Waals surface area contributed by atoms with Gasteiger partial charge in [-0.15, -0.1) is 11.3 Å². The van der Waals surface area contributed by atoms with Crippen LogP contribution in [0.5, 0.6) is 0 Å². The van der Waals surface area contributed by atoms with Crippen molar-refractivity contribution in [3.8, 4) is 0 Å². The highest BCUT2D eigenvalue weighted by Crippen LogP contribution is 2.20. The Labute approximate surface area is 109 Å². The summed E-state index contributed by atoms with van der Waals surface area (Å²) in [5.41, 5.74) is 0. The molecule has 0 aliphatic carbocycles. The van der Waals surface area contributed by atoms with Crippen LogP contribution in [0.15, 0.2) is 12.1 Å². The number of thiophene rings is 1. The molecule has 1 aromatic rings. The fraction of sp³-hybridized carbons (Fsp3) is 0.714. The van der Waals surface area contributed by atoms with E-state index in [0.29, 0.717) is 6.61 Å². The lowest BCUT2D eigenvalue weighted by molar-refractivity contribution is -0.0360. The predicted molar refractivity (Wildman–Crippen MR) is 73.7 cm³/mol. The Bertz CT molecular complexity index is 303. The molecule has 0 spiro atoms. The van der Waals surface area contributed by atoms with E-state index in [9.17, 15) is 5.11 Å². The second-order valence-electron chi connectivity index (χ2n) is 4.28. The summed E-state index contributed by atoms with van der Waals surface area (Å²) < 4.78 is 5.60. The second-order valence-corrected chi connectivity index (χ2v) is 5.53. The lowest BCUT2D eigenvalue weighted by Crippen LogP contribution is -2.30. The Balaban J connectivity index is 2.52. The highest BCUT2D eigenvalue weighted by Gasteiger charge is 2.19. The molecule has 98 valence electrons. The third kappa shape index (κ3) is 4.78. The van der Waals surface area contributed by atoms with E-state index in [4.69, 9.17) is 4.74 Å². The summed E-state index contributed by atoms with van der Waals surface area (Å²) in [7, 11) is 0. The molecule has 0 aliphatic rings. The van der Waals surface area contributed by atoms with Crippen molar-refractivity contribution in [2.45, 2.75) is 58.7 Å². The van der Waals surface area contributed by atoms with Crippen LogP contribution in [0.1, 0.15) is 43.4 Å². The van der Waals surface area contributed by atoms with Crippen molar-refractivity contribution in [3.63, 3.8) is 0 Å². The van der Waals surface area contributed by atoms with E-state index in [1.54, 1.807) is 11.3 Å². The van der Waals surface area contributed by atoms with Gasteiger partial charge in [0.25, 0.3) is 0 Å². The minimum atomic E-state index is -0.377. The van der Waals surface area contributed by atoms with Crippen LogP contribution in [0.3, 0.4) is 0 Å². The molecule has 0 amide bonds. The zero-order chi connectivity index (χ0) is 12.7. The molecule has 0 fully saturated rings. The average Bonchev–Trinajstić information content (AvgIpc) is 2.76. The largest absolute Gasteiger partial charge is 0.390 e. The molecule has 1 N–H and O–H groups in total. The molecule has 1 heterocycles. The van der Waals surface area contributed by atoms with Crippen LogP contribution in [-0.2, 0) is 17.6 Å². The van der Waals surface area contributed by atoms with Crippen LogP contribution in [0.4, 0.5) is 0 Å². The first-order valence-electron chi connectivity index (χ1n) is 6.58. The van der Waals surface area contributed by atoms with Gasteiger partial charge in [0.2, 0.25) is 0 Å². The van der Waals surface area contributed by atoms with Crippen molar-refractivity contribution in [2.75, 3.05) is 6.61 Å². The van der Waals surface area contributed by atoms with E-state index < -0.39 is 0 Å². The number of hydrogen-bond acceptors (Lipinski definition) is 3. The van der Waals surface area contributed by atoms with E-state index >= 15 is 0 Å². The van der Waals surface area contributed by atoms with Gasteiger partial charge in [0.15, 0.2) is 0 Å². The van der Waals surface area contributed by atoms with Gasteiger partial charge in [0.1, 0.15) is 0 Å². The summed E-state index contributed by atoms with van der Waals surface area (Å²) in [6, 6.07) is 4.28. The van der Waals surface area contributed by atoms with Gasteiger partial charge in [-0.05, 0) is 31.9 Å². The van der Waals surface area contributed by atoms with Gasteiger partial charge in [0, 0.05) is 22.8 Å². The van der Waals surface area contributed by atoms with Crippen LogP contribution in [0.25, 0.3) is 0 Å². The molecular weight excluding hydrogens is 232 g/mol. The molecular formula is C14H24O2S. The first kappa shape index (κ1) is 14.7. The van der Waals surface area contributed by atoms with E-state index in [1.165, 1.54) is 9.75 Å². The smallest absolute Gasteiger partial charge is 0.0849 e. The molecule has 0 aliphatic heterocycles. The minimum Gasteiger partial charge on any atom is -0.390 e. The highest BCUT2D eigenvalue weighted by atomic mass is 32.1. The lowest BCUT2D eigenvalue weighted by Gasteiger charge is -2.22. The minimum absolute atomic E-state index is 0.0165. The zero-order valence-electron chi connectivity index (χ0n) is 11.1. The summed E-state index contributed by atoms with van der Waals surface area (Å²) in [5, 5.41) is 10.2. The van der Waals surface area contributed by atoms with Gasteiger partial charge in [-0.25, -0.2) is 0 Å². The summed E-state index contributed by atoms with van der Waals surface area (Å²) in [6.45, 7) is 6.94. The van der Waals surface area contributed by atoms with Crippen LogP contribution in [0.2, 0.25) is 0 Å². The van der Waals surface area contributed by atoms with E-state index in [2.05, 4.69) is 26.0 Å². The SMILES string of the molecule is CCCC(OCC)C(O)Cc1ccc(CC)s1. The number of rotatable bonds is 8. The molecule has 0 saturated carbocycles. The molecule has 1 rings (SSSR count). The van der Waals surface area contributed by atoms with Crippen LogP contribution in [-0.4, -0.2) is 23.9 Å². The summed E-state index contributed by atoms with van der Waals surface area (Å²) >= 11 is 1.80. The van der Waals surface area contributed by atoms with Crippen LogP contribution >= 0.6 is 11.3 Å². The molecule has 2 nitrogen and oxygen atoms in total. The Morgan fingerprint density at radius 1 is 1.24 bits per heavy atom. The van der Waals surface area contributed by atoms with Crippen molar-refractivity contribution < 1.29 is 9.84 Å². The molecule has 17 heavy (non-hydrogen) atoms. The molecule has 3 heteroatoms. The Hall–Kier alpha value is -0.380. The third-order valence-corrected chi connectivity index (χ3v) is 4.11. The molecule has 2 unspecified atom stereocenters. The number of ether oxygens (including phenoxy) is 1. The fourth-order valence-corrected chi connectivity index (χ4v) is 2.95. The molecule has 0 radical (unpaired) electrons. The topological polar surface area (TPSA) is 29.5 Å². The first-order valence-corrected chi connectivity index (χ1v) is 7.40. The first-order chi connectivity index (χ1) is 8.21. The summed E-state index contributed by atoms with van der Waals surface area (Å²) in [6.07, 6.45) is 3.38. The zero-order valence-corrected chi connectivity index (χ0v) is 11.9. The van der Waals surface area contributed by atoms with Crippen LogP contribution < -0.4 is 0 Å².